The Balaban J connectivity index is 2.45. The first-order valence-electron chi connectivity index (χ1n) is 5.85. The molecule has 0 saturated carbocycles. The Bertz CT molecular complexity index is 775. The van der Waals surface area contributed by atoms with Crippen molar-refractivity contribution in [2.24, 2.45) is 0 Å². The minimum atomic E-state index is -3.20. The van der Waals surface area contributed by atoms with Gasteiger partial charge in [-0.15, -0.1) is 0 Å². The topological polar surface area (TPSA) is 82.8 Å². The normalized spacial score (nSPS) is 10.8. The van der Waals surface area contributed by atoms with Gasteiger partial charge in [0, 0.05) is 18.9 Å². The Kier molecular flexibility index (Phi) is 3.72. The van der Waals surface area contributed by atoms with Crippen LogP contribution in [0, 0.1) is 11.3 Å². The Labute approximate surface area is 117 Å². The maximum Gasteiger partial charge on any atom is 0.175 e. The maximum atomic E-state index is 11.4. The number of nitrogens with one attached hydrogen (secondary N) is 1. The lowest BCUT2D eigenvalue weighted by Gasteiger charge is -2.06. The molecule has 2 aromatic rings. The maximum absolute atomic E-state index is 11.4. The number of pyridine rings is 1. The number of nitriles is 1. The lowest BCUT2D eigenvalue weighted by atomic mass is 10.1. The van der Waals surface area contributed by atoms with Crippen LogP contribution in [0.15, 0.2) is 41.3 Å². The number of nitrogens with zero attached hydrogens (tertiary/aromatic N) is 2. The molecule has 0 aliphatic carbocycles. The molecule has 5 nitrogen and oxygen atoms in total. The molecule has 1 aromatic heterocycles. The van der Waals surface area contributed by atoms with Crippen LogP contribution in [0.4, 0.5) is 5.82 Å². The number of aromatic nitrogens is 1. The summed E-state index contributed by atoms with van der Waals surface area (Å²) in [7, 11) is -1.51. The van der Waals surface area contributed by atoms with Gasteiger partial charge in [-0.2, -0.15) is 5.26 Å². The molecule has 20 heavy (non-hydrogen) atoms. The smallest absolute Gasteiger partial charge is 0.175 e. The van der Waals surface area contributed by atoms with E-state index in [9.17, 15) is 8.42 Å². The zero-order chi connectivity index (χ0) is 14.8. The summed E-state index contributed by atoms with van der Waals surface area (Å²) in [6.45, 7) is 0. The highest BCUT2D eigenvalue weighted by atomic mass is 32.2. The van der Waals surface area contributed by atoms with E-state index in [2.05, 4.69) is 10.3 Å². The van der Waals surface area contributed by atoms with Crippen molar-refractivity contribution >= 4 is 15.7 Å². The third-order valence-electron chi connectivity index (χ3n) is 2.83. The summed E-state index contributed by atoms with van der Waals surface area (Å²) in [6.07, 6.45) is 1.17. The van der Waals surface area contributed by atoms with E-state index < -0.39 is 9.84 Å². The van der Waals surface area contributed by atoms with Gasteiger partial charge in [-0.1, -0.05) is 12.1 Å². The van der Waals surface area contributed by atoms with Crippen LogP contribution in [-0.2, 0) is 9.84 Å². The minimum absolute atomic E-state index is 0.267. The Morgan fingerprint density at radius 3 is 2.30 bits per heavy atom. The Morgan fingerprint density at radius 2 is 1.80 bits per heavy atom. The van der Waals surface area contributed by atoms with E-state index in [1.165, 1.54) is 6.26 Å². The number of rotatable bonds is 3. The summed E-state index contributed by atoms with van der Waals surface area (Å²) < 4.78 is 22.8. The van der Waals surface area contributed by atoms with Crippen LogP contribution in [0.1, 0.15) is 5.56 Å². The standard InChI is InChI=1S/C14H13N3O2S/c1-16-14-11(9-15)5-8-13(17-14)10-3-6-12(7-4-10)20(2,18)19/h3-8H,1-2H3,(H,16,17). The van der Waals surface area contributed by atoms with Gasteiger partial charge in [0.05, 0.1) is 16.2 Å². The molecule has 0 atom stereocenters. The molecule has 1 heterocycles. The molecule has 1 N–H and O–H groups in total. The molecule has 0 bridgehead atoms. The number of hydrogen-bond donors (Lipinski definition) is 1. The van der Waals surface area contributed by atoms with Crippen molar-refractivity contribution in [1.29, 1.82) is 5.26 Å². The van der Waals surface area contributed by atoms with E-state index in [0.717, 1.165) is 5.56 Å². The second-order valence-corrected chi connectivity index (χ2v) is 6.27. The van der Waals surface area contributed by atoms with Crippen LogP contribution in [0.3, 0.4) is 0 Å². The van der Waals surface area contributed by atoms with Crippen molar-refractivity contribution in [3.8, 4) is 17.3 Å². The van der Waals surface area contributed by atoms with E-state index in [4.69, 9.17) is 5.26 Å². The molecule has 0 spiro atoms. The molecular formula is C14H13N3O2S. The first-order valence-corrected chi connectivity index (χ1v) is 7.74. The van der Waals surface area contributed by atoms with Gasteiger partial charge < -0.3 is 5.32 Å². The van der Waals surface area contributed by atoms with E-state index >= 15 is 0 Å². The second-order valence-electron chi connectivity index (χ2n) is 4.25. The van der Waals surface area contributed by atoms with E-state index in [1.807, 2.05) is 6.07 Å². The van der Waals surface area contributed by atoms with Gasteiger partial charge in [0.1, 0.15) is 11.9 Å². The Hall–Kier alpha value is -2.39. The molecule has 0 fully saturated rings. The van der Waals surface area contributed by atoms with Gasteiger partial charge in [0.15, 0.2) is 9.84 Å². The number of benzene rings is 1. The van der Waals surface area contributed by atoms with E-state index in [-0.39, 0.29) is 4.90 Å². The van der Waals surface area contributed by atoms with Crippen LogP contribution in [-0.4, -0.2) is 26.7 Å². The van der Waals surface area contributed by atoms with Crippen LogP contribution >= 0.6 is 0 Å². The molecule has 0 aliphatic heterocycles. The molecule has 2 rings (SSSR count). The summed E-state index contributed by atoms with van der Waals surface area (Å²) in [6, 6.07) is 11.9. The average molecular weight is 287 g/mol. The highest BCUT2D eigenvalue weighted by Gasteiger charge is 2.09. The fraction of sp³-hybridized carbons (Fsp3) is 0.143. The monoisotopic (exact) mass is 287 g/mol. The first-order chi connectivity index (χ1) is 9.45. The summed E-state index contributed by atoms with van der Waals surface area (Å²) in [5, 5.41) is 11.8. The second kappa shape index (κ2) is 5.31. The quantitative estimate of drug-likeness (QED) is 0.934. The summed E-state index contributed by atoms with van der Waals surface area (Å²) >= 11 is 0. The summed E-state index contributed by atoms with van der Waals surface area (Å²) in [4.78, 5) is 4.61. The molecule has 102 valence electrons. The third kappa shape index (κ3) is 2.78. The zero-order valence-electron chi connectivity index (χ0n) is 11.1. The van der Waals surface area contributed by atoms with Crippen molar-refractivity contribution in [1.82, 2.24) is 4.98 Å². The van der Waals surface area contributed by atoms with Gasteiger partial charge in [0.25, 0.3) is 0 Å². The van der Waals surface area contributed by atoms with Crippen LogP contribution < -0.4 is 5.32 Å². The molecule has 1 aromatic carbocycles. The van der Waals surface area contributed by atoms with Crippen molar-refractivity contribution < 1.29 is 8.42 Å². The van der Waals surface area contributed by atoms with Gasteiger partial charge in [-0.05, 0) is 24.3 Å². The fourth-order valence-corrected chi connectivity index (χ4v) is 2.40. The molecule has 0 amide bonds. The fourth-order valence-electron chi connectivity index (χ4n) is 1.77. The van der Waals surface area contributed by atoms with Gasteiger partial charge >= 0.3 is 0 Å². The lowest BCUT2D eigenvalue weighted by molar-refractivity contribution is 0.602. The zero-order valence-corrected chi connectivity index (χ0v) is 11.9. The van der Waals surface area contributed by atoms with Crippen LogP contribution in [0.5, 0.6) is 0 Å². The summed E-state index contributed by atoms with van der Waals surface area (Å²) in [5.41, 5.74) is 1.93. The average Bonchev–Trinajstić information content (AvgIpc) is 2.45. The number of anilines is 1. The Morgan fingerprint density at radius 1 is 1.15 bits per heavy atom. The minimum Gasteiger partial charge on any atom is -0.372 e. The predicted molar refractivity (Wildman–Crippen MR) is 77.0 cm³/mol. The SMILES string of the molecule is CNc1nc(-c2ccc(S(C)(=O)=O)cc2)ccc1C#N. The molecule has 0 aliphatic rings. The van der Waals surface area contributed by atoms with Crippen molar-refractivity contribution in [2.75, 3.05) is 18.6 Å². The third-order valence-corrected chi connectivity index (χ3v) is 3.96. The molecule has 0 radical (unpaired) electrons. The van der Waals surface area contributed by atoms with Gasteiger partial charge in [-0.3, -0.25) is 0 Å². The highest BCUT2D eigenvalue weighted by Crippen LogP contribution is 2.22. The largest absolute Gasteiger partial charge is 0.372 e. The molecule has 0 unspecified atom stereocenters. The van der Waals surface area contributed by atoms with E-state index in [0.29, 0.717) is 17.1 Å². The van der Waals surface area contributed by atoms with Crippen LogP contribution in [0.25, 0.3) is 11.3 Å². The van der Waals surface area contributed by atoms with Crippen LogP contribution in [0.2, 0.25) is 0 Å². The van der Waals surface area contributed by atoms with Gasteiger partial charge in [0.2, 0.25) is 0 Å². The van der Waals surface area contributed by atoms with Crippen molar-refractivity contribution in [2.45, 2.75) is 4.90 Å². The summed E-state index contributed by atoms with van der Waals surface area (Å²) in [5.74, 6) is 0.497. The van der Waals surface area contributed by atoms with Crippen molar-refractivity contribution in [3.05, 3.63) is 42.0 Å². The predicted octanol–water partition coefficient (Wildman–Crippen LogP) is 2.07. The molecular weight excluding hydrogens is 274 g/mol. The van der Waals surface area contributed by atoms with Crippen molar-refractivity contribution in [3.63, 3.8) is 0 Å². The van der Waals surface area contributed by atoms with Gasteiger partial charge in [-0.25, -0.2) is 13.4 Å². The van der Waals surface area contributed by atoms with E-state index in [1.54, 1.807) is 43.4 Å². The first kappa shape index (κ1) is 14.0. The number of sulfone groups is 1. The molecule has 0 saturated heterocycles. The molecule has 6 heteroatoms. The number of hydrogen-bond acceptors (Lipinski definition) is 5. The highest BCUT2D eigenvalue weighted by molar-refractivity contribution is 7.90. The lowest BCUT2D eigenvalue weighted by Crippen LogP contribution is -1.98.